The van der Waals surface area contributed by atoms with E-state index in [0.717, 1.165) is 15.9 Å². The molecule has 40 heteroatoms. The van der Waals surface area contributed by atoms with Crippen molar-refractivity contribution in [3.8, 4) is 0 Å². The van der Waals surface area contributed by atoms with E-state index in [1.165, 1.54) is 19.9 Å². The van der Waals surface area contributed by atoms with E-state index in [1.807, 2.05) is 18.4 Å². The fraction of sp³-hybridized carbons (Fsp3) is 0.250. The number of anilines is 8. The van der Waals surface area contributed by atoms with Crippen LogP contribution in [0, 0.1) is 6.92 Å². The molecule has 0 bridgehead atoms. The van der Waals surface area contributed by atoms with E-state index in [1.54, 1.807) is 48.5 Å². The van der Waals surface area contributed by atoms with Crippen LogP contribution in [-0.4, -0.2) is 220 Å². The molecule has 0 atom stereocenters. The summed E-state index contributed by atoms with van der Waals surface area (Å²) in [5.74, 6) is 0.813. The largest absolute Gasteiger partial charge is 0.368 e. The molecule has 5 aromatic rings. The third-order valence-electron chi connectivity index (χ3n) is 11.0. The zero-order valence-electron chi connectivity index (χ0n) is 37.1. The van der Waals surface area contributed by atoms with Crippen molar-refractivity contribution in [2.45, 2.75) is 19.8 Å². The van der Waals surface area contributed by atoms with E-state index in [4.69, 9.17) is 96.6 Å². The maximum absolute atomic E-state index is 12.6. The molecule has 17 nitrogen and oxygen atoms in total. The molecule has 0 saturated carbocycles. The topological polar surface area (TPSA) is 240 Å². The Kier molecular flexibility index (Phi) is 19.3. The Labute approximate surface area is 420 Å². The van der Waals surface area contributed by atoms with Crippen LogP contribution in [0.1, 0.15) is 28.1 Å². The van der Waals surface area contributed by atoms with Crippen molar-refractivity contribution in [3.05, 3.63) is 70.4 Å². The third kappa shape index (κ3) is 13.9. The van der Waals surface area contributed by atoms with Crippen molar-refractivity contribution in [2.24, 2.45) is 0 Å². The van der Waals surface area contributed by atoms with Crippen molar-refractivity contribution < 1.29 is 21.6 Å². The number of hydrogen-bond donors (Lipinski definition) is 5. The average Bonchev–Trinajstić information content (AvgIpc) is 4.10. The van der Waals surface area contributed by atoms with Crippen molar-refractivity contribution in [1.82, 2.24) is 29.9 Å². The van der Waals surface area contributed by atoms with E-state index in [0.29, 0.717) is 53.8 Å². The summed E-state index contributed by atoms with van der Waals surface area (Å²) in [4.78, 5) is 21.1. The summed E-state index contributed by atoms with van der Waals surface area (Å²) in [7, 11) is 56.8. The molecular weight excluding hydrogens is 897 g/mol. The van der Waals surface area contributed by atoms with Gasteiger partial charge in [0.15, 0.2) is 0 Å². The van der Waals surface area contributed by atoms with E-state index in [2.05, 4.69) is 35.9 Å². The molecule has 2 aromatic carbocycles. The first-order valence-corrected chi connectivity index (χ1v) is 25.1. The molecular formula is C28H32B20N12O5S3. The summed E-state index contributed by atoms with van der Waals surface area (Å²) in [5.41, 5.74) is 14.8. The smallest absolute Gasteiger partial charge is 0.291 e. The Hall–Kier alpha value is -3.91. The monoisotopic (exact) mass is 932 g/mol. The van der Waals surface area contributed by atoms with Crippen LogP contribution in [0.25, 0.3) is 0 Å². The lowest BCUT2D eigenvalue weighted by Crippen LogP contribution is -2.80. The Morgan fingerprint density at radius 1 is 0.662 bits per heavy atom. The molecule has 7 N–H and O–H groups in total. The summed E-state index contributed by atoms with van der Waals surface area (Å²) in [6, 6.07) is 15.8. The number of rotatable bonds is 15. The Morgan fingerprint density at radius 3 is 1.47 bits per heavy atom. The van der Waals surface area contributed by atoms with Crippen molar-refractivity contribution in [2.75, 3.05) is 55.3 Å². The number of nitrogen functional groups attached to an aromatic ring is 2. The number of nitrogens with zero attached hydrogens (tertiary/aromatic N) is 7. The highest BCUT2D eigenvalue weighted by atomic mass is 32.2. The molecule has 3 aromatic heterocycles. The van der Waals surface area contributed by atoms with Gasteiger partial charge in [0.25, 0.3) is 5.91 Å². The maximum atomic E-state index is 12.6. The first kappa shape index (κ1) is 55.0. The molecule has 0 amide bonds. The molecule has 0 spiro atoms. The number of aromatic amines is 1. The first-order chi connectivity index (χ1) is 31.9. The summed E-state index contributed by atoms with van der Waals surface area (Å²) in [6.07, 6.45) is -5.86. The first-order valence-electron chi connectivity index (χ1n) is 21.0. The summed E-state index contributed by atoms with van der Waals surface area (Å²) in [6.45, 7) is 2.87. The molecule has 7 rings (SSSR count). The average molecular weight is 929 g/mol. The number of thiophene rings is 1. The lowest BCUT2D eigenvalue weighted by molar-refractivity contribution is 0.0951. The molecule has 2 aliphatic rings. The number of hydrogen-bond acceptors (Lipinski definition) is 14. The summed E-state index contributed by atoms with van der Waals surface area (Å²) in [5, 5.41) is 18.3. The van der Waals surface area contributed by atoms with Crippen molar-refractivity contribution >= 4 is 226 Å². The van der Waals surface area contributed by atoms with Gasteiger partial charge in [-0.3, -0.25) is 13.4 Å². The molecule has 312 valence electrons. The second-order valence-corrected chi connectivity index (χ2v) is 21.0. The molecule has 68 heavy (non-hydrogen) atoms. The molecule has 2 aliphatic heterocycles. The van der Waals surface area contributed by atoms with E-state index >= 15 is 0 Å². The number of nitrogens with one attached hydrogen (secondary N) is 3. The zero-order valence-corrected chi connectivity index (χ0v) is 39.6. The molecule has 22 radical (unpaired) electrons. The van der Waals surface area contributed by atoms with Gasteiger partial charge in [0.05, 0.1) is 27.8 Å². The van der Waals surface area contributed by atoms with Crippen molar-refractivity contribution in [1.29, 1.82) is 0 Å². The van der Waals surface area contributed by atoms with Crippen LogP contribution >= 0.6 is 11.3 Å². The Bertz CT molecular complexity index is 2630. The highest BCUT2D eigenvalue weighted by Crippen LogP contribution is 2.28. The standard InChI is InChI=1S/C17H18N6O3S2.C11H14N6O2S.B20/c1-11-7-9-27-14(11)15(24)23-16(18)20-17(21-23)19-12-3-5-13(6-4-12)22-8-2-10-28(22,25)26;12-10-14-11(16-15-10)13-8-2-4-9(5-3-8)17-6-1-7-20(17,18)19;1-12(2)17(11)20(18(13(3)4)14(5)6)19(15(7)8)16(9)10/h3-7,9H,2,8,10H2,1H3,(H3,18,19,20,21);2-5H,1,6-7H2,(H4,12,13,14,15,16);. The maximum Gasteiger partial charge on any atom is 0.291 e. The van der Waals surface area contributed by atoms with Gasteiger partial charge in [-0.15, -0.1) is 21.5 Å². The highest BCUT2D eigenvalue weighted by molar-refractivity contribution is 8.19. The number of aryl methyl sites for hydroxylation is 1. The Morgan fingerprint density at radius 2 is 1.12 bits per heavy atom. The third-order valence-corrected chi connectivity index (χ3v) is 15.7. The van der Waals surface area contributed by atoms with Gasteiger partial charge in [-0.05, 0) is 85.3 Å². The van der Waals surface area contributed by atoms with Gasteiger partial charge >= 0.3 is 0 Å². The fourth-order valence-corrected chi connectivity index (χ4v) is 11.6. The van der Waals surface area contributed by atoms with E-state index < -0.39 is 77.5 Å². The van der Waals surface area contributed by atoms with Crippen molar-refractivity contribution in [3.63, 3.8) is 0 Å². The summed E-state index contributed by atoms with van der Waals surface area (Å²) < 4.78 is 51.5. The van der Waals surface area contributed by atoms with Gasteiger partial charge in [-0.25, -0.2) is 21.9 Å². The number of carbonyl (C=O) groups excluding carboxylic acids is 1. The minimum Gasteiger partial charge on any atom is -0.368 e. The fourth-order valence-electron chi connectivity index (χ4n) is 7.65. The van der Waals surface area contributed by atoms with Crippen LogP contribution in [-0.2, 0) is 20.0 Å². The number of aromatic nitrogens is 6. The second-order valence-electron chi connectivity index (χ2n) is 16.0. The molecule has 0 unspecified atom stereocenters. The minimum atomic E-state index is -3.22. The molecule has 0 aliphatic carbocycles. The van der Waals surface area contributed by atoms with Crippen LogP contribution in [0.2, 0.25) is 0 Å². The zero-order chi connectivity index (χ0) is 50.2. The van der Waals surface area contributed by atoms with Crippen LogP contribution in [0.5, 0.6) is 0 Å². The SMILES string of the molecule is Cc1ccsc1C(=O)n1nc(Nc2ccc(N3CCCS3(=O)=O)cc2)nc1N.Nc1nc(Nc2ccc(N3CCCS3(=O)=O)cc2)n[nH]1.[B]B([B])B([B])B(B(B([B])[B])B([B])[B])B(B([B])[B])B([B])[B]. The number of H-pyrrole nitrogens is 1. The van der Waals surface area contributed by atoms with E-state index in [9.17, 15) is 21.6 Å². The van der Waals surface area contributed by atoms with Crippen LogP contribution in [0.4, 0.5) is 46.5 Å². The second kappa shape index (κ2) is 23.8. The lowest BCUT2D eigenvalue weighted by Gasteiger charge is -2.42. The van der Waals surface area contributed by atoms with Gasteiger partial charge in [0.1, 0.15) is 0 Å². The van der Waals surface area contributed by atoms with Gasteiger partial charge in [-0.2, -0.15) is 14.6 Å². The highest BCUT2D eigenvalue weighted by Gasteiger charge is 2.44. The Balaban J connectivity index is 0.000000195. The quantitative estimate of drug-likeness (QED) is 0.0622. The summed E-state index contributed by atoms with van der Waals surface area (Å²) >= 11 is 1.32. The normalized spacial score (nSPS) is 14.2. The van der Waals surface area contributed by atoms with Gasteiger partial charge in [0.2, 0.25) is 43.8 Å². The molecule has 2 saturated heterocycles. The predicted octanol–water partition coefficient (Wildman–Crippen LogP) is -4.74. The van der Waals surface area contributed by atoms with Gasteiger partial charge in [0, 0.05) is 167 Å². The molecule has 2 fully saturated rings. The number of benzene rings is 2. The minimum absolute atomic E-state index is 0.0138. The van der Waals surface area contributed by atoms with Crippen LogP contribution < -0.4 is 30.7 Å². The number of carbonyl (C=O) groups is 1. The lowest BCUT2D eigenvalue weighted by atomic mass is 8.39. The van der Waals surface area contributed by atoms with Crippen LogP contribution in [0.15, 0.2) is 60.0 Å². The number of sulfonamides is 2. The molecule has 5 heterocycles. The van der Waals surface area contributed by atoms with Crippen LogP contribution in [0.3, 0.4) is 0 Å². The van der Waals surface area contributed by atoms with Gasteiger partial charge in [-0.1, -0.05) is 0 Å². The van der Waals surface area contributed by atoms with Gasteiger partial charge < -0.3 is 22.1 Å². The predicted molar refractivity (Wildman–Crippen MR) is 300 cm³/mol. The number of nitrogens with two attached hydrogens (primary N) is 2. The van der Waals surface area contributed by atoms with E-state index in [-0.39, 0.29) is 35.3 Å².